The van der Waals surface area contributed by atoms with E-state index in [9.17, 15) is 0 Å². The van der Waals surface area contributed by atoms with Crippen LogP contribution in [0.25, 0.3) is 0 Å². The van der Waals surface area contributed by atoms with E-state index < -0.39 is 0 Å². The summed E-state index contributed by atoms with van der Waals surface area (Å²) in [7, 11) is 0. The van der Waals surface area contributed by atoms with Crippen molar-refractivity contribution >= 4 is 24.0 Å². The van der Waals surface area contributed by atoms with Gasteiger partial charge in [-0.25, -0.2) is 0 Å². The van der Waals surface area contributed by atoms with Crippen molar-refractivity contribution in [3.63, 3.8) is 0 Å². The van der Waals surface area contributed by atoms with Gasteiger partial charge in [-0.2, -0.15) is 0 Å². The summed E-state index contributed by atoms with van der Waals surface area (Å²) in [5.74, 6) is 0.934. The zero-order valence-electron chi connectivity index (χ0n) is 11.5. The van der Waals surface area contributed by atoms with E-state index in [2.05, 4.69) is 6.92 Å². The lowest BCUT2D eigenvalue weighted by Crippen LogP contribution is -2.19. The highest BCUT2D eigenvalue weighted by Crippen LogP contribution is 2.32. The summed E-state index contributed by atoms with van der Waals surface area (Å²) in [5.41, 5.74) is 9.17. The number of aryl methyl sites for hydroxylation is 1. The molecule has 2 nitrogen and oxygen atoms in total. The maximum absolute atomic E-state index is 6.28. The third-order valence-corrected chi connectivity index (χ3v) is 3.34. The molecule has 0 heterocycles. The fourth-order valence-electron chi connectivity index (χ4n) is 1.88. The highest BCUT2D eigenvalue weighted by Gasteiger charge is 2.14. The molecular weight excluding hydrogens is 269 g/mol. The third-order valence-electron chi connectivity index (χ3n) is 2.76. The molecule has 0 bridgehead atoms. The van der Waals surface area contributed by atoms with E-state index in [0.29, 0.717) is 0 Å². The number of nitrogens with two attached hydrogens (primary N) is 1. The molecule has 1 rings (SSSR count). The molecular formula is C14H23Cl2NO. The molecule has 18 heavy (non-hydrogen) atoms. The molecule has 0 fully saturated rings. The van der Waals surface area contributed by atoms with Gasteiger partial charge in [-0.3, -0.25) is 0 Å². The Kier molecular flexibility index (Phi) is 7.69. The number of rotatable bonds is 5. The summed E-state index contributed by atoms with van der Waals surface area (Å²) in [6.07, 6.45) is 1.79. The Bertz CT molecular complexity index is 392. The van der Waals surface area contributed by atoms with E-state index >= 15 is 0 Å². The molecule has 4 heteroatoms. The van der Waals surface area contributed by atoms with Crippen LogP contribution in [-0.2, 0) is 6.42 Å². The van der Waals surface area contributed by atoms with Gasteiger partial charge in [-0.15, -0.1) is 12.4 Å². The second kappa shape index (κ2) is 7.88. The van der Waals surface area contributed by atoms with Gasteiger partial charge in [0.1, 0.15) is 5.75 Å². The Balaban J connectivity index is 0.00000289. The molecule has 0 aliphatic carbocycles. The lowest BCUT2D eigenvalue weighted by molar-refractivity contribution is 0.313. The van der Waals surface area contributed by atoms with Gasteiger partial charge in [-0.05, 0) is 50.8 Å². The van der Waals surface area contributed by atoms with Gasteiger partial charge in [0, 0.05) is 16.6 Å². The average Bonchev–Trinajstić information content (AvgIpc) is 2.27. The van der Waals surface area contributed by atoms with Crippen LogP contribution < -0.4 is 10.5 Å². The molecule has 0 spiro atoms. The normalized spacial score (nSPS) is 11.9. The Hall–Kier alpha value is -0.440. The van der Waals surface area contributed by atoms with E-state index in [-0.39, 0.29) is 18.4 Å². The molecule has 0 radical (unpaired) electrons. The minimum Gasteiger partial charge on any atom is -0.493 e. The van der Waals surface area contributed by atoms with Gasteiger partial charge in [0.2, 0.25) is 0 Å². The Labute approximate surface area is 121 Å². The predicted octanol–water partition coefficient (Wildman–Crippen LogP) is 4.06. The van der Waals surface area contributed by atoms with Crippen molar-refractivity contribution in [2.24, 2.45) is 5.73 Å². The smallest absolute Gasteiger partial charge is 0.123 e. The Morgan fingerprint density at radius 3 is 2.50 bits per heavy atom. The van der Waals surface area contributed by atoms with Crippen LogP contribution in [0.1, 0.15) is 37.0 Å². The van der Waals surface area contributed by atoms with Crippen LogP contribution in [0.5, 0.6) is 5.75 Å². The predicted molar refractivity (Wildman–Crippen MR) is 81.3 cm³/mol. The fourth-order valence-corrected chi connectivity index (χ4v) is 2.05. The summed E-state index contributed by atoms with van der Waals surface area (Å²) in [6, 6.07) is 2.12. The van der Waals surface area contributed by atoms with Crippen LogP contribution in [0.3, 0.4) is 0 Å². The van der Waals surface area contributed by atoms with Crippen molar-refractivity contribution in [3.8, 4) is 5.75 Å². The topological polar surface area (TPSA) is 35.2 Å². The van der Waals surface area contributed by atoms with Gasteiger partial charge in [0.15, 0.2) is 0 Å². The molecule has 0 aliphatic heterocycles. The average molecular weight is 292 g/mol. The number of hydrogen-bond donors (Lipinski definition) is 1. The van der Waals surface area contributed by atoms with Crippen LogP contribution in [0.15, 0.2) is 6.07 Å². The maximum atomic E-state index is 6.28. The molecule has 1 aromatic rings. The van der Waals surface area contributed by atoms with E-state index in [1.54, 1.807) is 0 Å². The molecule has 0 aromatic heterocycles. The molecule has 2 N–H and O–H groups in total. The zero-order chi connectivity index (χ0) is 13.0. The van der Waals surface area contributed by atoms with Crippen molar-refractivity contribution in [3.05, 3.63) is 27.8 Å². The van der Waals surface area contributed by atoms with Crippen LogP contribution >= 0.6 is 24.0 Å². The standard InChI is InChI=1S/C14H22ClNO.ClH/c1-5-6-17-13-7-9(2)14(15)11(4)12(13)8-10(3)16;/h7,10H,5-6,8,16H2,1-4H3;1H. The van der Waals surface area contributed by atoms with Crippen LogP contribution in [0, 0.1) is 13.8 Å². The first-order valence-corrected chi connectivity index (χ1v) is 6.52. The molecule has 1 unspecified atom stereocenters. The number of benzene rings is 1. The molecule has 104 valence electrons. The highest BCUT2D eigenvalue weighted by molar-refractivity contribution is 6.32. The van der Waals surface area contributed by atoms with Crippen molar-refractivity contribution < 1.29 is 4.74 Å². The van der Waals surface area contributed by atoms with E-state index in [1.165, 1.54) is 0 Å². The molecule has 1 aromatic carbocycles. The van der Waals surface area contributed by atoms with Gasteiger partial charge in [0.25, 0.3) is 0 Å². The van der Waals surface area contributed by atoms with Gasteiger partial charge >= 0.3 is 0 Å². The number of ether oxygens (including phenoxy) is 1. The quantitative estimate of drug-likeness (QED) is 0.888. The lowest BCUT2D eigenvalue weighted by Gasteiger charge is -2.18. The first kappa shape index (κ1) is 17.6. The van der Waals surface area contributed by atoms with Crippen molar-refractivity contribution in [2.45, 2.75) is 46.6 Å². The molecule has 0 aliphatic rings. The first-order chi connectivity index (χ1) is 7.97. The highest BCUT2D eigenvalue weighted by atomic mass is 35.5. The summed E-state index contributed by atoms with van der Waals surface area (Å²) < 4.78 is 5.79. The van der Waals surface area contributed by atoms with Crippen LogP contribution in [0.2, 0.25) is 5.02 Å². The molecule has 0 amide bonds. The van der Waals surface area contributed by atoms with E-state index in [1.807, 2.05) is 26.8 Å². The van der Waals surface area contributed by atoms with Gasteiger partial charge in [-0.1, -0.05) is 18.5 Å². The van der Waals surface area contributed by atoms with Gasteiger partial charge in [0.05, 0.1) is 6.61 Å². The van der Waals surface area contributed by atoms with Crippen molar-refractivity contribution in [1.82, 2.24) is 0 Å². The maximum Gasteiger partial charge on any atom is 0.123 e. The summed E-state index contributed by atoms with van der Waals surface area (Å²) in [6.45, 7) is 8.86. The largest absolute Gasteiger partial charge is 0.493 e. The number of hydrogen-bond acceptors (Lipinski definition) is 2. The number of halogens is 2. The monoisotopic (exact) mass is 291 g/mol. The van der Waals surface area contributed by atoms with Crippen molar-refractivity contribution in [2.75, 3.05) is 6.61 Å². The zero-order valence-corrected chi connectivity index (χ0v) is 13.1. The Morgan fingerprint density at radius 2 is 2.00 bits per heavy atom. The van der Waals surface area contributed by atoms with Gasteiger partial charge < -0.3 is 10.5 Å². The van der Waals surface area contributed by atoms with E-state index in [0.717, 1.165) is 46.9 Å². The second-order valence-electron chi connectivity index (χ2n) is 4.64. The summed E-state index contributed by atoms with van der Waals surface area (Å²) in [4.78, 5) is 0. The lowest BCUT2D eigenvalue weighted by atomic mass is 9.98. The third kappa shape index (κ3) is 4.34. The molecule has 1 atom stereocenters. The van der Waals surface area contributed by atoms with Crippen LogP contribution in [-0.4, -0.2) is 12.6 Å². The minimum absolute atomic E-state index is 0. The SMILES string of the molecule is CCCOc1cc(C)c(Cl)c(C)c1CC(C)N.Cl. The molecule has 0 saturated carbocycles. The second-order valence-corrected chi connectivity index (χ2v) is 5.02. The summed E-state index contributed by atoms with van der Waals surface area (Å²) in [5, 5.41) is 0.824. The molecule has 0 saturated heterocycles. The van der Waals surface area contributed by atoms with Crippen LogP contribution in [0.4, 0.5) is 0 Å². The summed E-state index contributed by atoms with van der Waals surface area (Å²) >= 11 is 6.28. The Morgan fingerprint density at radius 1 is 1.39 bits per heavy atom. The minimum atomic E-state index is 0. The fraction of sp³-hybridized carbons (Fsp3) is 0.571. The van der Waals surface area contributed by atoms with Crippen molar-refractivity contribution in [1.29, 1.82) is 0 Å². The van der Waals surface area contributed by atoms with E-state index in [4.69, 9.17) is 22.1 Å². The first-order valence-electron chi connectivity index (χ1n) is 6.14.